The number of ether oxygens (including phenoxy) is 1. The van der Waals surface area contributed by atoms with Crippen LogP contribution in [0, 0.1) is 5.92 Å². The number of amides is 1. The van der Waals surface area contributed by atoms with E-state index in [0.717, 1.165) is 13.0 Å². The quantitative estimate of drug-likeness (QED) is 0.634. The zero-order chi connectivity index (χ0) is 11.9. The van der Waals surface area contributed by atoms with Gasteiger partial charge in [0.05, 0.1) is 0 Å². The zero-order valence-corrected chi connectivity index (χ0v) is 10.2. The van der Waals surface area contributed by atoms with Crippen LogP contribution in [0.25, 0.3) is 0 Å². The summed E-state index contributed by atoms with van der Waals surface area (Å²) in [5.41, 5.74) is 6.72. The summed E-state index contributed by atoms with van der Waals surface area (Å²) in [5.74, 6) is 0.461. The Bertz CT molecular complexity index is 330. The SMILES string of the molecule is CC(C)(C)OC(=O)N1CC2=CC(N)CC2C1. The van der Waals surface area contributed by atoms with Gasteiger partial charge in [0.15, 0.2) is 0 Å². The Morgan fingerprint density at radius 3 is 2.81 bits per heavy atom. The van der Waals surface area contributed by atoms with Crippen LogP contribution < -0.4 is 5.73 Å². The molecule has 0 aromatic rings. The molecule has 1 aliphatic heterocycles. The Morgan fingerprint density at radius 2 is 2.25 bits per heavy atom. The fourth-order valence-electron chi connectivity index (χ4n) is 2.35. The minimum atomic E-state index is -0.417. The van der Waals surface area contributed by atoms with Crippen molar-refractivity contribution >= 4 is 6.09 Å². The molecule has 1 aliphatic carbocycles. The van der Waals surface area contributed by atoms with Gasteiger partial charge in [0.1, 0.15) is 5.60 Å². The molecule has 0 radical (unpaired) electrons. The molecule has 2 aliphatic rings. The molecular weight excluding hydrogens is 204 g/mol. The van der Waals surface area contributed by atoms with Crippen LogP contribution in [0.3, 0.4) is 0 Å². The smallest absolute Gasteiger partial charge is 0.410 e. The second-order valence-corrected chi connectivity index (χ2v) is 5.70. The van der Waals surface area contributed by atoms with Crippen molar-refractivity contribution in [1.29, 1.82) is 0 Å². The third-order valence-electron chi connectivity index (χ3n) is 2.98. The summed E-state index contributed by atoms with van der Waals surface area (Å²) in [5, 5.41) is 0. The normalized spacial score (nSPS) is 29.0. The van der Waals surface area contributed by atoms with Gasteiger partial charge in [-0.25, -0.2) is 4.79 Å². The van der Waals surface area contributed by atoms with Crippen LogP contribution in [0.4, 0.5) is 4.79 Å². The fraction of sp³-hybridized carbons (Fsp3) is 0.750. The van der Waals surface area contributed by atoms with Crippen LogP contribution in [-0.4, -0.2) is 35.7 Å². The van der Waals surface area contributed by atoms with E-state index in [-0.39, 0.29) is 12.1 Å². The first-order valence-corrected chi connectivity index (χ1v) is 5.79. The molecule has 1 saturated heterocycles. The number of rotatable bonds is 0. The summed E-state index contributed by atoms with van der Waals surface area (Å²) in [6, 6.07) is 0.181. The van der Waals surface area contributed by atoms with Gasteiger partial charge in [-0.2, -0.15) is 0 Å². The van der Waals surface area contributed by atoms with E-state index < -0.39 is 5.60 Å². The third kappa shape index (κ3) is 2.38. The first-order valence-electron chi connectivity index (χ1n) is 5.79. The molecule has 90 valence electrons. The molecule has 0 aromatic carbocycles. The van der Waals surface area contributed by atoms with E-state index in [1.807, 2.05) is 20.8 Å². The standard InChI is InChI=1S/C12H20N2O2/c1-12(2,3)16-11(15)14-6-8-4-10(13)5-9(8)7-14/h4,9-10H,5-7,13H2,1-3H3. The van der Waals surface area contributed by atoms with Gasteiger partial charge >= 0.3 is 6.09 Å². The third-order valence-corrected chi connectivity index (χ3v) is 2.98. The first-order chi connectivity index (χ1) is 7.35. The van der Waals surface area contributed by atoms with Crippen molar-refractivity contribution in [3.63, 3.8) is 0 Å². The summed E-state index contributed by atoms with van der Waals surface area (Å²) in [7, 11) is 0. The maximum atomic E-state index is 11.8. The molecule has 4 heteroatoms. The van der Waals surface area contributed by atoms with E-state index in [0.29, 0.717) is 12.5 Å². The molecule has 0 aromatic heterocycles. The van der Waals surface area contributed by atoms with Crippen LogP contribution >= 0.6 is 0 Å². The summed E-state index contributed by atoms with van der Waals surface area (Å²) in [6.07, 6.45) is 2.85. The maximum Gasteiger partial charge on any atom is 0.410 e. The minimum Gasteiger partial charge on any atom is -0.444 e. The largest absolute Gasteiger partial charge is 0.444 e. The lowest BCUT2D eigenvalue weighted by Gasteiger charge is -2.24. The Kier molecular flexibility index (Phi) is 2.70. The van der Waals surface area contributed by atoms with E-state index in [9.17, 15) is 4.79 Å². The van der Waals surface area contributed by atoms with E-state index in [1.165, 1.54) is 5.57 Å². The lowest BCUT2D eigenvalue weighted by molar-refractivity contribution is 0.0289. The van der Waals surface area contributed by atoms with Crippen LogP contribution in [0.1, 0.15) is 27.2 Å². The first kappa shape index (κ1) is 11.5. The Labute approximate surface area is 96.4 Å². The lowest BCUT2D eigenvalue weighted by Crippen LogP contribution is -2.36. The van der Waals surface area contributed by atoms with Gasteiger partial charge < -0.3 is 15.4 Å². The van der Waals surface area contributed by atoms with Crippen LogP contribution in [-0.2, 0) is 4.74 Å². The van der Waals surface area contributed by atoms with Crippen molar-refractivity contribution in [2.24, 2.45) is 11.7 Å². The summed E-state index contributed by atoms with van der Waals surface area (Å²) in [4.78, 5) is 13.6. The predicted molar refractivity (Wildman–Crippen MR) is 62.0 cm³/mol. The molecule has 0 bridgehead atoms. The number of likely N-dealkylation sites (tertiary alicyclic amines) is 1. The monoisotopic (exact) mass is 224 g/mol. The topological polar surface area (TPSA) is 55.6 Å². The molecule has 2 N–H and O–H groups in total. The average molecular weight is 224 g/mol. The average Bonchev–Trinajstić information content (AvgIpc) is 2.56. The molecule has 1 amide bonds. The van der Waals surface area contributed by atoms with Gasteiger partial charge in [-0.1, -0.05) is 6.08 Å². The van der Waals surface area contributed by atoms with Crippen molar-refractivity contribution in [2.75, 3.05) is 13.1 Å². The zero-order valence-electron chi connectivity index (χ0n) is 10.2. The second kappa shape index (κ2) is 3.77. The second-order valence-electron chi connectivity index (χ2n) is 5.70. The van der Waals surface area contributed by atoms with Crippen LogP contribution in [0.15, 0.2) is 11.6 Å². The number of hydrogen-bond donors (Lipinski definition) is 1. The Balaban J connectivity index is 1.95. The maximum absolute atomic E-state index is 11.8. The van der Waals surface area contributed by atoms with E-state index in [1.54, 1.807) is 4.90 Å². The highest BCUT2D eigenvalue weighted by Crippen LogP contribution is 2.32. The molecule has 4 nitrogen and oxygen atoms in total. The fourth-order valence-corrected chi connectivity index (χ4v) is 2.35. The van der Waals surface area contributed by atoms with Gasteiger partial charge in [0, 0.05) is 25.0 Å². The van der Waals surface area contributed by atoms with Gasteiger partial charge in [0.25, 0.3) is 0 Å². The van der Waals surface area contributed by atoms with Crippen molar-refractivity contribution in [2.45, 2.75) is 38.8 Å². The van der Waals surface area contributed by atoms with Crippen LogP contribution in [0.2, 0.25) is 0 Å². The summed E-state index contributed by atoms with van der Waals surface area (Å²) >= 11 is 0. The Hall–Kier alpha value is -1.03. The minimum absolute atomic E-state index is 0.181. The number of carbonyl (C=O) groups excluding carboxylic acids is 1. The molecule has 2 unspecified atom stereocenters. The number of nitrogens with two attached hydrogens (primary N) is 1. The Morgan fingerprint density at radius 1 is 1.56 bits per heavy atom. The van der Waals surface area contributed by atoms with Gasteiger partial charge in [-0.05, 0) is 32.8 Å². The highest BCUT2D eigenvalue weighted by atomic mass is 16.6. The molecular formula is C12H20N2O2. The summed E-state index contributed by atoms with van der Waals surface area (Å²) < 4.78 is 5.34. The van der Waals surface area contributed by atoms with Crippen molar-refractivity contribution in [1.82, 2.24) is 4.90 Å². The predicted octanol–water partition coefficient (Wildman–Crippen LogP) is 1.51. The van der Waals surface area contributed by atoms with Crippen molar-refractivity contribution < 1.29 is 9.53 Å². The van der Waals surface area contributed by atoms with E-state index in [2.05, 4.69) is 6.08 Å². The highest BCUT2D eigenvalue weighted by Gasteiger charge is 2.36. The molecule has 16 heavy (non-hydrogen) atoms. The number of hydrogen-bond acceptors (Lipinski definition) is 3. The van der Waals surface area contributed by atoms with Crippen LogP contribution in [0.5, 0.6) is 0 Å². The number of carbonyl (C=O) groups is 1. The molecule has 1 fully saturated rings. The molecule has 1 heterocycles. The van der Waals surface area contributed by atoms with E-state index >= 15 is 0 Å². The number of nitrogens with zero attached hydrogens (tertiary/aromatic N) is 1. The summed E-state index contributed by atoms with van der Waals surface area (Å²) in [6.45, 7) is 7.10. The highest BCUT2D eigenvalue weighted by molar-refractivity contribution is 5.69. The molecule has 2 rings (SSSR count). The van der Waals surface area contributed by atoms with Crippen molar-refractivity contribution in [3.05, 3.63) is 11.6 Å². The number of fused-ring (bicyclic) bond motifs is 1. The molecule has 0 spiro atoms. The van der Waals surface area contributed by atoms with Gasteiger partial charge in [0.2, 0.25) is 0 Å². The van der Waals surface area contributed by atoms with Gasteiger partial charge in [-0.3, -0.25) is 0 Å². The van der Waals surface area contributed by atoms with Gasteiger partial charge in [-0.15, -0.1) is 0 Å². The van der Waals surface area contributed by atoms with Crippen molar-refractivity contribution in [3.8, 4) is 0 Å². The van der Waals surface area contributed by atoms with E-state index in [4.69, 9.17) is 10.5 Å². The lowest BCUT2D eigenvalue weighted by atomic mass is 10.1. The molecule has 2 atom stereocenters. The molecule has 0 saturated carbocycles.